The quantitative estimate of drug-likeness (QED) is 0.542. The van der Waals surface area contributed by atoms with Gasteiger partial charge >= 0.3 is 0 Å². The summed E-state index contributed by atoms with van der Waals surface area (Å²) in [6.07, 6.45) is 1.88. The summed E-state index contributed by atoms with van der Waals surface area (Å²) in [5, 5.41) is 15.4. The molecule has 1 aliphatic heterocycles. The minimum absolute atomic E-state index is 0.0295. The Morgan fingerprint density at radius 1 is 1.27 bits per heavy atom. The van der Waals surface area contributed by atoms with Crippen LogP contribution in [-0.2, 0) is 4.79 Å². The summed E-state index contributed by atoms with van der Waals surface area (Å²) in [5.74, 6) is -0.0512. The number of amides is 2. The van der Waals surface area contributed by atoms with E-state index in [0.29, 0.717) is 22.2 Å². The maximum atomic E-state index is 12.4. The number of anilines is 2. The summed E-state index contributed by atoms with van der Waals surface area (Å²) < 4.78 is 5.52. The second-order valence-corrected chi connectivity index (χ2v) is 8.69. The lowest BCUT2D eigenvalue weighted by molar-refractivity contribution is -0.117. The summed E-state index contributed by atoms with van der Waals surface area (Å²) in [7, 11) is 0. The van der Waals surface area contributed by atoms with Gasteiger partial charge in [0.05, 0.1) is 18.3 Å². The molecule has 1 fully saturated rings. The van der Waals surface area contributed by atoms with Crippen LogP contribution in [0.25, 0.3) is 0 Å². The van der Waals surface area contributed by atoms with Gasteiger partial charge in [-0.25, -0.2) is 9.61 Å². The summed E-state index contributed by atoms with van der Waals surface area (Å²) in [4.78, 5) is 31.5. The number of nitrogens with one attached hydrogen (secondary N) is 2. The molecule has 11 heteroatoms. The molecule has 0 saturated carbocycles. The van der Waals surface area contributed by atoms with Crippen LogP contribution in [0.15, 0.2) is 38.7 Å². The number of likely N-dealkylation sites (tertiary alicyclic amines) is 1. The summed E-state index contributed by atoms with van der Waals surface area (Å²) >= 11 is 4.74. The van der Waals surface area contributed by atoms with Crippen LogP contribution in [0.3, 0.4) is 0 Å². The van der Waals surface area contributed by atoms with Gasteiger partial charge in [-0.2, -0.15) is 0 Å². The van der Waals surface area contributed by atoms with E-state index < -0.39 is 0 Å². The number of benzene rings is 1. The molecule has 156 valence electrons. The second-order valence-electron chi connectivity index (χ2n) is 6.91. The number of aryl methyl sites for hydroxylation is 1. The predicted octanol–water partition coefficient (Wildman–Crippen LogP) is 3.62. The number of nitrogens with zero attached hydrogens (tertiary/aromatic N) is 4. The number of hydrogen-bond donors (Lipinski definition) is 2. The van der Waals surface area contributed by atoms with Crippen LogP contribution < -0.4 is 10.6 Å². The van der Waals surface area contributed by atoms with E-state index in [1.165, 1.54) is 11.3 Å². The van der Waals surface area contributed by atoms with Gasteiger partial charge in [0.1, 0.15) is 5.69 Å². The highest BCUT2D eigenvalue weighted by molar-refractivity contribution is 9.10. The van der Waals surface area contributed by atoms with E-state index >= 15 is 0 Å². The molecule has 3 heterocycles. The number of rotatable bonds is 6. The third kappa shape index (κ3) is 4.74. The molecule has 2 N–H and O–H groups in total. The van der Waals surface area contributed by atoms with Crippen LogP contribution in [0.5, 0.6) is 0 Å². The van der Waals surface area contributed by atoms with Gasteiger partial charge in [-0.05, 0) is 55.7 Å². The van der Waals surface area contributed by atoms with Crippen molar-refractivity contribution >= 4 is 50.0 Å². The Kier molecular flexibility index (Phi) is 6.21. The van der Waals surface area contributed by atoms with Gasteiger partial charge in [-0.15, -0.1) is 11.3 Å². The number of aromatic nitrogens is 3. The molecule has 0 bridgehead atoms. The molecule has 0 spiro atoms. The zero-order valence-electron chi connectivity index (χ0n) is 16.1. The topological polar surface area (TPSA) is 113 Å². The number of halogens is 1. The van der Waals surface area contributed by atoms with Crippen LogP contribution in [0.1, 0.15) is 40.6 Å². The lowest BCUT2D eigenvalue weighted by atomic mass is 10.2. The fraction of sp³-hybridized carbons (Fsp3) is 0.316. The lowest BCUT2D eigenvalue weighted by Crippen LogP contribution is -2.33. The standard InChI is InChI=1S/C19H19BrN6O3S/c1-11-17(25-29-24-11)22-16(27)9-26-8-2-3-15(26)14-10-30-19(21-14)23-18(28)12-4-6-13(20)7-5-12/h4-7,10,15H,2-3,8-9H2,1H3,(H,21,23,28)(H,22,25,27)/t15-/m1/s1. The van der Waals surface area contributed by atoms with Crippen LogP contribution >= 0.6 is 27.3 Å². The van der Waals surface area contributed by atoms with Crippen molar-refractivity contribution < 1.29 is 14.2 Å². The fourth-order valence-electron chi connectivity index (χ4n) is 3.32. The maximum Gasteiger partial charge on any atom is 0.257 e. The van der Waals surface area contributed by atoms with Gasteiger partial charge < -0.3 is 5.32 Å². The molecule has 2 aromatic heterocycles. The third-order valence-electron chi connectivity index (χ3n) is 4.81. The van der Waals surface area contributed by atoms with Crippen molar-refractivity contribution in [2.24, 2.45) is 0 Å². The molecule has 0 aliphatic carbocycles. The molecule has 4 rings (SSSR count). The Bertz CT molecular complexity index is 1050. The van der Waals surface area contributed by atoms with E-state index in [1.807, 2.05) is 17.5 Å². The van der Waals surface area contributed by atoms with Gasteiger partial charge in [-0.3, -0.25) is 19.8 Å². The molecule has 1 saturated heterocycles. The molecular formula is C19H19BrN6O3S. The molecular weight excluding hydrogens is 472 g/mol. The van der Waals surface area contributed by atoms with Crippen LogP contribution in [-0.4, -0.2) is 45.1 Å². The predicted molar refractivity (Wildman–Crippen MR) is 115 cm³/mol. The van der Waals surface area contributed by atoms with Crippen LogP contribution in [0, 0.1) is 6.92 Å². The summed E-state index contributed by atoms with van der Waals surface area (Å²) in [6.45, 7) is 2.73. The monoisotopic (exact) mass is 490 g/mol. The van der Waals surface area contributed by atoms with Crippen molar-refractivity contribution in [3.05, 3.63) is 51.1 Å². The van der Waals surface area contributed by atoms with E-state index in [0.717, 1.165) is 29.6 Å². The first kappa shape index (κ1) is 20.6. The number of carbonyl (C=O) groups excluding carboxylic acids is 2. The summed E-state index contributed by atoms with van der Waals surface area (Å²) in [6, 6.07) is 7.16. The van der Waals surface area contributed by atoms with Gasteiger partial charge in [0.2, 0.25) is 5.91 Å². The van der Waals surface area contributed by atoms with Gasteiger partial charge in [0, 0.05) is 15.4 Å². The maximum absolute atomic E-state index is 12.4. The first-order valence-electron chi connectivity index (χ1n) is 9.35. The molecule has 1 atom stereocenters. The molecule has 1 aliphatic rings. The zero-order valence-corrected chi connectivity index (χ0v) is 18.5. The largest absolute Gasteiger partial charge is 0.305 e. The first-order chi connectivity index (χ1) is 14.5. The first-order valence-corrected chi connectivity index (χ1v) is 11.0. The molecule has 30 heavy (non-hydrogen) atoms. The molecule has 1 aromatic carbocycles. The highest BCUT2D eigenvalue weighted by Crippen LogP contribution is 2.33. The van der Waals surface area contributed by atoms with E-state index in [-0.39, 0.29) is 24.4 Å². The normalized spacial score (nSPS) is 16.5. The van der Waals surface area contributed by atoms with Gasteiger partial charge in [-0.1, -0.05) is 21.1 Å². The van der Waals surface area contributed by atoms with E-state index in [9.17, 15) is 9.59 Å². The van der Waals surface area contributed by atoms with E-state index in [1.54, 1.807) is 19.1 Å². The number of hydrogen-bond acceptors (Lipinski definition) is 8. The molecule has 9 nitrogen and oxygen atoms in total. The van der Waals surface area contributed by atoms with Crippen LogP contribution in [0.4, 0.5) is 10.9 Å². The van der Waals surface area contributed by atoms with Crippen molar-refractivity contribution in [3.63, 3.8) is 0 Å². The van der Waals surface area contributed by atoms with E-state index in [2.05, 4.69) is 51.4 Å². The Morgan fingerprint density at radius 3 is 2.80 bits per heavy atom. The molecule has 2 amide bonds. The smallest absolute Gasteiger partial charge is 0.257 e. The molecule has 0 unspecified atom stereocenters. The Labute approximate surface area is 185 Å². The molecule has 3 aromatic rings. The van der Waals surface area contributed by atoms with Crippen molar-refractivity contribution in [1.29, 1.82) is 0 Å². The van der Waals surface area contributed by atoms with Gasteiger partial charge in [0.25, 0.3) is 5.91 Å². The zero-order chi connectivity index (χ0) is 21.1. The minimum atomic E-state index is -0.206. The number of thiazole rings is 1. The Balaban J connectivity index is 1.38. The SMILES string of the molecule is Cc1nonc1NC(=O)CN1CCC[C@@H]1c1csc(NC(=O)c2ccc(Br)cc2)n1. The fourth-order valence-corrected chi connectivity index (χ4v) is 4.33. The van der Waals surface area contributed by atoms with Crippen molar-refractivity contribution in [1.82, 2.24) is 20.2 Å². The molecule has 0 radical (unpaired) electrons. The van der Waals surface area contributed by atoms with Crippen molar-refractivity contribution in [3.8, 4) is 0 Å². The highest BCUT2D eigenvalue weighted by Gasteiger charge is 2.30. The summed E-state index contributed by atoms with van der Waals surface area (Å²) in [5.41, 5.74) is 1.95. The lowest BCUT2D eigenvalue weighted by Gasteiger charge is -2.22. The third-order valence-corrected chi connectivity index (χ3v) is 6.12. The van der Waals surface area contributed by atoms with E-state index in [4.69, 9.17) is 0 Å². The Hall–Kier alpha value is -2.63. The van der Waals surface area contributed by atoms with Crippen molar-refractivity contribution in [2.45, 2.75) is 25.8 Å². The second kappa shape index (κ2) is 9.02. The van der Waals surface area contributed by atoms with Crippen LogP contribution in [0.2, 0.25) is 0 Å². The number of carbonyl (C=O) groups is 2. The highest BCUT2D eigenvalue weighted by atomic mass is 79.9. The average Bonchev–Trinajstić information content (AvgIpc) is 3.45. The minimum Gasteiger partial charge on any atom is -0.305 e. The average molecular weight is 491 g/mol. The van der Waals surface area contributed by atoms with Crippen molar-refractivity contribution in [2.75, 3.05) is 23.7 Å². The van der Waals surface area contributed by atoms with Gasteiger partial charge in [0.15, 0.2) is 10.9 Å². The Morgan fingerprint density at radius 2 is 2.07 bits per heavy atom.